The molecule has 0 atom stereocenters. The molecule has 0 aliphatic heterocycles. The molecule has 0 radical (unpaired) electrons. The average Bonchev–Trinajstić information content (AvgIpc) is 2.66. The van der Waals surface area contributed by atoms with Gasteiger partial charge in [-0.1, -0.05) is 23.7 Å². The van der Waals surface area contributed by atoms with Gasteiger partial charge in [-0.25, -0.2) is 9.59 Å². The number of rotatable bonds is 4. The second kappa shape index (κ2) is 7.46. The van der Waals surface area contributed by atoms with Gasteiger partial charge in [-0.15, -0.1) is 0 Å². The van der Waals surface area contributed by atoms with Gasteiger partial charge >= 0.3 is 11.7 Å². The highest BCUT2D eigenvalue weighted by Crippen LogP contribution is 2.23. The molecule has 1 aromatic heterocycles. The Morgan fingerprint density at radius 3 is 2.67 bits per heavy atom. The van der Waals surface area contributed by atoms with Gasteiger partial charge in [0.2, 0.25) is 5.91 Å². The van der Waals surface area contributed by atoms with E-state index in [0.29, 0.717) is 5.52 Å². The predicted octanol–water partition coefficient (Wildman–Crippen LogP) is 1.77. The largest absolute Gasteiger partial charge is 0.465 e. The molecule has 0 fully saturated rings. The van der Waals surface area contributed by atoms with Crippen LogP contribution in [0.5, 0.6) is 0 Å². The second-order valence-corrected chi connectivity index (χ2v) is 6.01. The molecule has 0 aliphatic carbocycles. The summed E-state index contributed by atoms with van der Waals surface area (Å²) in [4.78, 5) is 51.1. The quantitative estimate of drug-likeness (QED) is 0.663. The molecule has 0 unspecified atom stereocenters. The molecule has 0 saturated heterocycles. The molecule has 138 valence electrons. The summed E-state index contributed by atoms with van der Waals surface area (Å²) in [6.45, 7) is -0.516. The Kier molecular flexibility index (Phi) is 5.09. The number of methoxy groups -OCH3 is 1. The van der Waals surface area contributed by atoms with Crippen LogP contribution in [0.1, 0.15) is 10.4 Å². The van der Waals surface area contributed by atoms with Crippen LogP contribution in [0.4, 0.5) is 5.69 Å². The van der Waals surface area contributed by atoms with Gasteiger partial charge in [0.1, 0.15) is 6.54 Å². The number of aromatic nitrogens is 2. The number of para-hydroxylation sites is 1. The Hall–Kier alpha value is -3.39. The first-order chi connectivity index (χ1) is 12.9. The lowest BCUT2D eigenvalue weighted by Crippen LogP contribution is -2.38. The molecule has 8 nitrogen and oxygen atoms in total. The van der Waals surface area contributed by atoms with Crippen molar-refractivity contribution in [3.05, 3.63) is 73.9 Å². The van der Waals surface area contributed by atoms with Crippen molar-refractivity contribution < 1.29 is 14.3 Å². The third kappa shape index (κ3) is 3.75. The van der Waals surface area contributed by atoms with Gasteiger partial charge in [0, 0.05) is 0 Å². The number of benzene rings is 2. The topological polar surface area (TPSA) is 110 Å². The number of ether oxygens (including phenoxy) is 1. The summed E-state index contributed by atoms with van der Waals surface area (Å²) in [7, 11) is 1.23. The van der Waals surface area contributed by atoms with E-state index < -0.39 is 29.7 Å². The number of amides is 1. The first kappa shape index (κ1) is 18.4. The molecule has 0 bridgehead atoms. The van der Waals surface area contributed by atoms with Gasteiger partial charge in [-0.05, 0) is 30.3 Å². The number of halogens is 1. The molecule has 27 heavy (non-hydrogen) atoms. The van der Waals surface area contributed by atoms with Crippen LogP contribution in [0.25, 0.3) is 10.9 Å². The number of nitrogens with zero attached hydrogens (tertiary/aromatic N) is 1. The average molecular weight is 388 g/mol. The van der Waals surface area contributed by atoms with Gasteiger partial charge in [0.15, 0.2) is 0 Å². The standard InChI is InChI=1S/C18H14ClN3O5/c1-27-17(25)10-6-7-12(19)14(8-10)20-15(23)9-22-16(24)11-4-2-3-5-13(11)21-18(22)26/h2-8H,9H2,1H3,(H,20,23)(H,21,26). The summed E-state index contributed by atoms with van der Waals surface area (Å²) >= 11 is 6.03. The van der Waals surface area contributed by atoms with Crippen LogP contribution in [-0.2, 0) is 16.1 Å². The van der Waals surface area contributed by atoms with E-state index in [0.717, 1.165) is 4.57 Å². The highest BCUT2D eigenvalue weighted by molar-refractivity contribution is 6.33. The summed E-state index contributed by atoms with van der Waals surface area (Å²) in [5, 5.41) is 2.97. The number of esters is 1. The zero-order valence-corrected chi connectivity index (χ0v) is 14.9. The third-order valence-electron chi connectivity index (χ3n) is 3.85. The number of aromatic amines is 1. The maximum Gasteiger partial charge on any atom is 0.337 e. The Morgan fingerprint density at radius 2 is 1.93 bits per heavy atom. The Morgan fingerprint density at radius 1 is 1.19 bits per heavy atom. The minimum atomic E-state index is -0.705. The van der Waals surface area contributed by atoms with Crippen LogP contribution < -0.4 is 16.6 Å². The number of anilines is 1. The predicted molar refractivity (Wildman–Crippen MR) is 100 cm³/mol. The van der Waals surface area contributed by atoms with Gasteiger partial charge in [-0.3, -0.25) is 14.2 Å². The van der Waals surface area contributed by atoms with Crippen molar-refractivity contribution >= 4 is 40.1 Å². The molecule has 1 heterocycles. The molecular formula is C18H14ClN3O5. The van der Waals surface area contributed by atoms with E-state index in [1.165, 1.54) is 25.3 Å². The van der Waals surface area contributed by atoms with Crippen molar-refractivity contribution in [2.24, 2.45) is 0 Å². The van der Waals surface area contributed by atoms with E-state index >= 15 is 0 Å². The summed E-state index contributed by atoms with van der Waals surface area (Å²) in [6.07, 6.45) is 0. The molecule has 3 rings (SSSR count). The van der Waals surface area contributed by atoms with E-state index in [9.17, 15) is 19.2 Å². The first-order valence-corrected chi connectivity index (χ1v) is 8.18. The van der Waals surface area contributed by atoms with Crippen LogP contribution >= 0.6 is 11.6 Å². The first-order valence-electron chi connectivity index (χ1n) is 7.80. The van der Waals surface area contributed by atoms with Gasteiger partial charge in [0.05, 0.1) is 34.3 Å². The number of nitrogens with one attached hydrogen (secondary N) is 2. The summed E-state index contributed by atoms with van der Waals surface area (Å²) < 4.78 is 5.41. The minimum absolute atomic E-state index is 0.162. The molecule has 1 amide bonds. The van der Waals surface area contributed by atoms with Crippen LogP contribution in [0.2, 0.25) is 5.02 Å². The van der Waals surface area contributed by atoms with E-state index in [1.807, 2.05) is 0 Å². The van der Waals surface area contributed by atoms with Crippen LogP contribution in [0.3, 0.4) is 0 Å². The number of H-pyrrole nitrogens is 1. The van der Waals surface area contributed by atoms with Gasteiger partial charge in [0.25, 0.3) is 5.56 Å². The van der Waals surface area contributed by atoms with Crippen molar-refractivity contribution in [2.45, 2.75) is 6.54 Å². The van der Waals surface area contributed by atoms with E-state index in [1.54, 1.807) is 24.3 Å². The third-order valence-corrected chi connectivity index (χ3v) is 4.18. The van der Waals surface area contributed by atoms with Crippen LogP contribution in [0, 0.1) is 0 Å². The zero-order valence-electron chi connectivity index (χ0n) is 14.1. The van der Waals surface area contributed by atoms with E-state index in [4.69, 9.17) is 11.6 Å². The Labute approximate surface area is 157 Å². The zero-order chi connectivity index (χ0) is 19.6. The smallest absolute Gasteiger partial charge is 0.337 e. The van der Waals surface area contributed by atoms with Crippen molar-refractivity contribution in [2.75, 3.05) is 12.4 Å². The SMILES string of the molecule is COC(=O)c1ccc(Cl)c(NC(=O)Cn2c(=O)[nH]c3ccccc3c2=O)c1. The lowest BCUT2D eigenvalue weighted by Gasteiger charge is -2.10. The summed E-state index contributed by atoms with van der Waals surface area (Å²) in [5.41, 5.74) is -0.548. The molecule has 2 N–H and O–H groups in total. The fraction of sp³-hybridized carbons (Fsp3) is 0.111. The normalized spacial score (nSPS) is 10.6. The van der Waals surface area contributed by atoms with Crippen LogP contribution in [0.15, 0.2) is 52.1 Å². The number of hydrogen-bond acceptors (Lipinski definition) is 5. The van der Waals surface area contributed by atoms with Crippen molar-refractivity contribution in [1.29, 1.82) is 0 Å². The molecular weight excluding hydrogens is 374 g/mol. The fourth-order valence-corrected chi connectivity index (χ4v) is 2.71. The molecule has 2 aromatic carbocycles. The van der Waals surface area contributed by atoms with Gasteiger partial charge < -0.3 is 15.0 Å². The molecule has 0 saturated carbocycles. The Bertz CT molecular complexity index is 1170. The molecule has 3 aromatic rings. The van der Waals surface area contributed by atoms with Crippen molar-refractivity contribution in [3.63, 3.8) is 0 Å². The lowest BCUT2D eigenvalue weighted by atomic mass is 10.2. The Balaban J connectivity index is 1.89. The second-order valence-electron chi connectivity index (χ2n) is 5.60. The van der Waals surface area contributed by atoms with Crippen molar-refractivity contribution in [3.8, 4) is 0 Å². The number of hydrogen-bond donors (Lipinski definition) is 2. The highest BCUT2D eigenvalue weighted by Gasteiger charge is 2.14. The minimum Gasteiger partial charge on any atom is -0.465 e. The number of fused-ring (bicyclic) bond motifs is 1. The monoisotopic (exact) mass is 387 g/mol. The molecule has 9 heteroatoms. The summed E-state index contributed by atoms with van der Waals surface area (Å²) in [5.74, 6) is -1.24. The maximum absolute atomic E-state index is 12.5. The molecule has 0 aliphatic rings. The molecule has 0 spiro atoms. The van der Waals surface area contributed by atoms with Crippen molar-refractivity contribution in [1.82, 2.24) is 9.55 Å². The fourth-order valence-electron chi connectivity index (χ4n) is 2.54. The summed E-state index contributed by atoms with van der Waals surface area (Å²) in [6, 6.07) is 10.7. The maximum atomic E-state index is 12.5. The lowest BCUT2D eigenvalue weighted by molar-refractivity contribution is -0.116. The van der Waals surface area contributed by atoms with Gasteiger partial charge in [-0.2, -0.15) is 0 Å². The van der Waals surface area contributed by atoms with E-state index in [2.05, 4.69) is 15.0 Å². The number of carbonyl (C=O) groups excluding carboxylic acids is 2. The van der Waals surface area contributed by atoms with E-state index in [-0.39, 0.29) is 21.7 Å². The number of carbonyl (C=O) groups is 2. The van der Waals surface area contributed by atoms with Crippen LogP contribution in [-0.4, -0.2) is 28.5 Å². The highest BCUT2D eigenvalue weighted by atomic mass is 35.5.